The van der Waals surface area contributed by atoms with Crippen LogP contribution in [-0.2, 0) is 14.6 Å². The number of thioether (sulfide) groups is 1. The number of para-hydroxylation sites is 1. The third-order valence-electron chi connectivity index (χ3n) is 4.99. The molecule has 156 valence electrons. The van der Waals surface area contributed by atoms with Crippen LogP contribution in [0.3, 0.4) is 0 Å². The zero-order valence-corrected chi connectivity index (χ0v) is 18.1. The highest BCUT2D eigenvalue weighted by Gasteiger charge is 2.33. The monoisotopic (exact) mass is 435 g/mol. The lowest BCUT2D eigenvalue weighted by atomic mass is 10.1. The molecular formula is C21H25NO5S2. The van der Waals surface area contributed by atoms with Gasteiger partial charge in [0, 0.05) is 18.3 Å². The standard InChI is InChI=1S/C21H25NO5S2/c1-3-15-13-22(16-7-5-4-6-8-16)17-11-19(28-2)18(27-10-9-21(23)24)12-20(17)29(25,26)14-15/h4-8,11-12,15H,3,9-10,13-14H2,1-2H3,(H,23,24). The first-order valence-corrected chi connectivity index (χ1v) is 12.4. The Morgan fingerprint density at radius 2 is 2.00 bits per heavy atom. The van der Waals surface area contributed by atoms with Crippen molar-refractivity contribution in [3.05, 3.63) is 42.5 Å². The molecule has 29 heavy (non-hydrogen) atoms. The minimum Gasteiger partial charge on any atom is -0.492 e. The summed E-state index contributed by atoms with van der Waals surface area (Å²) in [5.74, 6) is -0.475. The van der Waals surface area contributed by atoms with E-state index in [9.17, 15) is 13.2 Å². The number of carboxylic acids is 1. The Kier molecular flexibility index (Phi) is 6.74. The predicted molar refractivity (Wildman–Crippen MR) is 115 cm³/mol. The summed E-state index contributed by atoms with van der Waals surface area (Å²) in [6, 6.07) is 13.2. The smallest absolute Gasteiger partial charge is 0.306 e. The van der Waals surface area contributed by atoms with Crippen molar-refractivity contribution in [1.29, 1.82) is 0 Å². The van der Waals surface area contributed by atoms with Crippen molar-refractivity contribution in [2.24, 2.45) is 5.92 Å². The molecule has 0 bridgehead atoms. The van der Waals surface area contributed by atoms with Gasteiger partial charge in [0.25, 0.3) is 0 Å². The zero-order valence-electron chi connectivity index (χ0n) is 16.5. The van der Waals surface area contributed by atoms with E-state index >= 15 is 0 Å². The Labute approximate surface area is 175 Å². The predicted octanol–water partition coefficient (Wildman–Crippen LogP) is 4.21. The average molecular weight is 436 g/mol. The van der Waals surface area contributed by atoms with Crippen molar-refractivity contribution in [1.82, 2.24) is 0 Å². The van der Waals surface area contributed by atoms with Gasteiger partial charge in [0.05, 0.1) is 34.3 Å². The van der Waals surface area contributed by atoms with E-state index in [0.29, 0.717) is 18.0 Å². The number of hydrogen-bond acceptors (Lipinski definition) is 6. The van der Waals surface area contributed by atoms with Gasteiger partial charge in [-0.05, 0) is 30.4 Å². The van der Waals surface area contributed by atoms with Gasteiger partial charge in [0.2, 0.25) is 0 Å². The lowest BCUT2D eigenvalue weighted by Gasteiger charge is -2.27. The van der Waals surface area contributed by atoms with E-state index in [1.54, 1.807) is 6.07 Å². The Bertz CT molecular complexity index is 976. The van der Waals surface area contributed by atoms with Crippen LogP contribution in [0, 0.1) is 5.92 Å². The molecule has 0 amide bonds. The van der Waals surface area contributed by atoms with Crippen LogP contribution in [0.1, 0.15) is 19.8 Å². The molecule has 1 unspecified atom stereocenters. The summed E-state index contributed by atoms with van der Waals surface area (Å²) in [5, 5.41) is 8.86. The van der Waals surface area contributed by atoms with E-state index in [0.717, 1.165) is 17.0 Å². The molecular weight excluding hydrogens is 410 g/mol. The molecule has 1 aliphatic rings. The zero-order chi connectivity index (χ0) is 21.0. The molecule has 8 heteroatoms. The first-order valence-electron chi connectivity index (χ1n) is 9.47. The van der Waals surface area contributed by atoms with E-state index in [1.165, 1.54) is 11.8 Å². The number of benzene rings is 2. The number of fused-ring (bicyclic) bond motifs is 1. The fraction of sp³-hybridized carbons (Fsp3) is 0.381. The number of aliphatic carboxylic acids is 1. The van der Waals surface area contributed by atoms with Crippen LogP contribution in [-0.4, -0.2) is 44.7 Å². The largest absolute Gasteiger partial charge is 0.492 e. The average Bonchev–Trinajstić information content (AvgIpc) is 2.81. The Morgan fingerprint density at radius 3 is 2.62 bits per heavy atom. The molecule has 2 aromatic carbocycles. The lowest BCUT2D eigenvalue weighted by Crippen LogP contribution is -2.25. The molecule has 6 nitrogen and oxygen atoms in total. The van der Waals surface area contributed by atoms with Crippen LogP contribution in [0.25, 0.3) is 0 Å². The fourth-order valence-electron chi connectivity index (χ4n) is 3.42. The minimum absolute atomic E-state index is 0.00159. The van der Waals surface area contributed by atoms with Gasteiger partial charge >= 0.3 is 5.97 Å². The van der Waals surface area contributed by atoms with Crippen LogP contribution in [0.5, 0.6) is 5.75 Å². The van der Waals surface area contributed by atoms with E-state index in [2.05, 4.69) is 4.90 Å². The van der Waals surface area contributed by atoms with Crippen molar-refractivity contribution in [3.63, 3.8) is 0 Å². The fourth-order valence-corrected chi connectivity index (χ4v) is 5.88. The third-order valence-corrected chi connectivity index (χ3v) is 7.65. The highest BCUT2D eigenvalue weighted by Crippen LogP contribution is 2.43. The van der Waals surface area contributed by atoms with E-state index < -0.39 is 15.8 Å². The number of rotatable bonds is 7. The summed E-state index contributed by atoms with van der Waals surface area (Å²) in [5.41, 5.74) is 1.58. The summed E-state index contributed by atoms with van der Waals surface area (Å²) < 4.78 is 32.0. The second-order valence-corrected chi connectivity index (χ2v) is 9.82. The van der Waals surface area contributed by atoms with Crippen molar-refractivity contribution in [2.45, 2.75) is 29.6 Å². The van der Waals surface area contributed by atoms with Gasteiger partial charge in [-0.15, -0.1) is 11.8 Å². The van der Waals surface area contributed by atoms with Gasteiger partial charge in [-0.2, -0.15) is 0 Å². The maximum absolute atomic E-state index is 13.2. The number of nitrogens with zero attached hydrogens (tertiary/aromatic N) is 1. The highest BCUT2D eigenvalue weighted by atomic mass is 32.2. The summed E-state index contributed by atoms with van der Waals surface area (Å²) >= 11 is 1.44. The molecule has 0 fully saturated rings. The first kappa shape index (κ1) is 21.5. The molecule has 0 spiro atoms. The van der Waals surface area contributed by atoms with Gasteiger partial charge < -0.3 is 14.7 Å². The summed E-state index contributed by atoms with van der Waals surface area (Å²) in [6.07, 6.45) is 2.50. The number of hydrogen-bond donors (Lipinski definition) is 1. The van der Waals surface area contributed by atoms with Gasteiger partial charge in [-0.3, -0.25) is 4.79 Å². The summed E-state index contributed by atoms with van der Waals surface area (Å²) in [7, 11) is -3.52. The Balaban J connectivity index is 2.13. The molecule has 0 saturated heterocycles. The van der Waals surface area contributed by atoms with Gasteiger partial charge in [-0.1, -0.05) is 31.5 Å². The third kappa shape index (κ3) is 4.87. The second-order valence-electron chi connectivity index (χ2n) is 6.96. The molecule has 1 heterocycles. The van der Waals surface area contributed by atoms with Gasteiger partial charge in [0.1, 0.15) is 5.75 Å². The van der Waals surface area contributed by atoms with Gasteiger partial charge in [0.15, 0.2) is 9.84 Å². The van der Waals surface area contributed by atoms with Crippen LogP contribution in [0.2, 0.25) is 0 Å². The van der Waals surface area contributed by atoms with Crippen LogP contribution in [0.15, 0.2) is 52.3 Å². The highest BCUT2D eigenvalue weighted by molar-refractivity contribution is 7.98. The lowest BCUT2D eigenvalue weighted by molar-refractivity contribution is -0.137. The first-order chi connectivity index (χ1) is 13.9. The molecule has 0 aromatic heterocycles. The molecule has 1 atom stereocenters. The SMILES string of the molecule is CCC1CN(c2ccccc2)c2cc(SC)c(OCCC(=O)O)cc2S(=O)(=O)C1. The van der Waals surface area contributed by atoms with E-state index in [4.69, 9.17) is 9.84 Å². The van der Waals surface area contributed by atoms with Crippen LogP contribution in [0.4, 0.5) is 11.4 Å². The molecule has 2 aromatic rings. The molecule has 3 rings (SSSR count). The quantitative estimate of drug-likeness (QED) is 0.652. The number of ether oxygens (including phenoxy) is 1. The minimum atomic E-state index is -3.52. The molecule has 0 aliphatic carbocycles. The number of sulfone groups is 1. The van der Waals surface area contributed by atoms with E-state index in [-0.39, 0.29) is 29.6 Å². The van der Waals surface area contributed by atoms with Crippen molar-refractivity contribution < 1.29 is 23.1 Å². The molecule has 0 radical (unpaired) electrons. The normalized spacial score (nSPS) is 18.0. The Hall–Kier alpha value is -2.19. The second kappa shape index (κ2) is 9.09. The summed E-state index contributed by atoms with van der Waals surface area (Å²) in [6.45, 7) is 2.61. The topological polar surface area (TPSA) is 83.9 Å². The number of carboxylic acid groups (broad SMARTS) is 1. The van der Waals surface area contributed by atoms with E-state index in [1.807, 2.05) is 49.6 Å². The molecule has 1 aliphatic heterocycles. The Morgan fingerprint density at radius 1 is 1.28 bits per heavy atom. The maximum atomic E-state index is 13.2. The summed E-state index contributed by atoms with van der Waals surface area (Å²) in [4.78, 5) is 13.9. The molecule has 1 N–H and O–H groups in total. The maximum Gasteiger partial charge on any atom is 0.306 e. The van der Waals surface area contributed by atoms with Crippen LogP contribution < -0.4 is 9.64 Å². The molecule has 0 saturated carbocycles. The van der Waals surface area contributed by atoms with Gasteiger partial charge in [-0.25, -0.2) is 8.42 Å². The van der Waals surface area contributed by atoms with Crippen molar-refractivity contribution >= 4 is 38.9 Å². The van der Waals surface area contributed by atoms with Crippen molar-refractivity contribution in [3.8, 4) is 5.75 Å². The van der Waals surface area contributed by atoms with Crippen LogP contribution >= 0.6 is 11.8 Å². The number of anilines is 2. The van der Waals surface area contributed by atoms with Crippen molar-refractivity contribution in [2.75, 3.05) is 30.1 Å². The number of carbonyl (C=O) groups is 1.